The number of rotatable bonds is 10. The molecule has 2 aliphatic rings. The van der Waals surface area contributed by atoms with Crippen LogP contribution in [-0.4, -0.2) is 107 Å². The number of para-hydroxylation sites is 1. The van der Waals surface area contributed by atoms with Crippen LogP contribution in [0.15, 0.2) is 54.6 Å². The second kappa shape index (κ2) is 14.7. The third kappa shape index (κ3) is 7.71. The summed E-state index contributed by atoms with van der Waals surface area (Å²) >= 11 is 0. The molecule has 46 heavy (non-hydrogen) atoms. The summed E-state index contributed by atoms with van der Waals surface area (Å²) < 4.78 is 11.0. The number of carboxylic acids is 1. The lowest BCUT2D eigenvalue weighted by molar-refractivity contribution is -0.138. The molecule has 2 N–H and O–H groups in total. The Morgan fingerprint density at radius 3 is 2.35 bits per heavy atom. The van der Waals surface area contributed by atoms with Crippen LogP contribution in [-0.2, 0) is 32.1 Å². The van der Waals surface area contributed by atoms with Crippen LogP contribution in [0.4, 0.5) is 4.79 Å². The quantitative estimate of drug-likeness (QED) is 0.343. The highest BCUT2D eigenvalue weighted by molar-refractivity contribution is 5.99. The van der Waals surface area contributed by atoms with Gasteiger partial charge in [0.2, 0.25) is 5.91 Å². The number of carboxylic acid groups (broad SMARTS) is 1. The van der Waals surface area contributed by atoms with Crippen LogP contribution in [0.2, 0.25) is 0 Å². The van der Waals surface area contributed by atoms with Gasteiger partial charge in [-0.05, 0) is 43.0 Å². The molecule has 13 heteroatoms. The monoisotopic (exact) mass is 631 g/mol. The summed E-state index contributed by atoms with van der Waals surface area (Å²) in [6.45, 7) is 3.69. The van der Waals surface area contributed by atoms with Crippen LogP contribution >= 0.6 is 0 Å². The van der Waals surface area contributed by atoms with Crippen LogP contribution in [0, 0.1) is 0 Å². The Hall–Kier alpha value is -5.20. The molecule has 1 atom stereocenters. The molecule has 0 spiro atoms. The number of aliphatic carboxylic acids is 1. The third-order valence-electron chi connectivity index (χ3n) is 8.11. The highest BCUT2D eigenvalue weighted by atomic mass is 16.6. The summed E-state index contributed by atoms with van der Waals surface area (Å²) in [5, 5.41) is 12.6. The molecule has 0 bridgehead atoms. The van der Waals surface area contributed by atoms with E-state index in [1.807, 2.05) is 18.2 Å². The topological polar surface area (TPSA) is 159 Å². The lowest BCUT2D eigenvalue weighted by Gasteiger charge is -2.35. The van der Waals surface area contributed by atoms with E-state index in [0.29, 0.717) is 24.0 Å². The number of ether oxygens (including phenoxy) is 2. The summed E-state index contributed by atoms with van der Waals surface area (Å²) in [5.74, 6) is -2.16. The summed E-state index contributed by atoms with van der Waals surface area (Å²) in [4.78, 5) is 72.7. The van der Waals surface area contributed by atoms with Gasteiger partial charge in [0.05, 0.1) is 12.1 Å². The molecule has 0 aliphatic carbocycles. The van der Waals surface area contributed by atoms with Gasteiger partial charge in [-0.3, -0.25) is 19.2 Å². The second-order valence-electron chi connectivity index (χ2n) is 11.1. The van der Waals surface area contributed by atoms with Crippen LogP contribution in [0.1, 0.15) is 41.4 Å². The first-order valence-corrected chi connectivity index (χ1v) is 15.3. The molecule has 3 aromatic rings. The van der Waals surface area contributed by atoms with E-state index in [0.717, 1.165) is 12.0 Å². The van der Waals surface area contributed by atoms with Crippen molar-refractivity contribution < 1.29 is 38.6 Å². The molecule has 2 aromatic carbocycles. The van der Waals surface area contributed by atoms with Crippen molar-refractivity contribution in [2.45, 2.75) is 38.8 Å². The van der Waals surface area contributed by atoms with Crippen LogP contribution in [0.3, 0.4) is 0 Å². The molecule has 2 aliphatic heterocycles. The molecular weight excluding hydrogens is 594 g/mol. The van der Waals surface area contributed by atoms with Gasteiger partial charge in [0.25, 0.3) is 11.8 Å². The van der Waals surface area contributed by atoms with Crippen molar-refractivity contribution in [2.24, 2.45) is 0 Å². The van der Waals surface area contributed by atoms with Gasteiger partial charge in [0.1, 0.15) is 17.5 Å². The Morgan fingerprint density at radius 2 is 1.61 bits per heavy atom. The molecule has 1 saturated heterocycles. The van der Waals surface area contributed by atoms with Gasteiger partial charge in [-0.15, -0.1) is 0 Å². The van der Waals surface area contributed by atoms with Gasteiger partial charge in [-0.2, -0.15) is 0 Å². The molecule has 1 fully saturated rings. The predicted octanol–water partition coefficient (Wildman–Crippen LogP) is 2.46. The van der Waals surface area contributed by atoms with Crippen molar-refractivity contribution in [1.82, 2.24) is 25.0 Å². The minimum absolute atomic E-state index is 0.0479. The highest BCUT2D eigenvalue weighted by Crippen LogP contribution is 2.26. The molecule has 13 nitrogen and oxygen atoms in total. The molecule has 3 heterocycles. The van der Waals surface area contributed by atoms with Crippen molar-refractivity contribution in [3.63, 3.8) is 0 Å². The van der Waals surface area contributed by atoms with Crippen molar-refractivity contribution >= 4 is 40.7 Å². The van der Waals surface area contributed by atoms with Crippen LogP contribution in [0.5, 0.6) is 5.75 Å². The lowest BCUT2D eigenvalue weighted by Crippen LogP contribution is -2.56. The number of pyridine rings is 1. The Bertz CT molecular complexity index is 1620. The molecule has 0 radical (unpaired) electrons. The first-order chi connectivity index (χ1) is 22.2. The first kappa shape index (κ1) is 32.2. The second-order valence-corrected chi connectivity index (χ2v) is 11.1. The number of nitrogens with one attached hydrogen (secondary N) is 1. The number of hydrogen-bond acceptors (Lipinski definition) is 8. The molecule has 1 unspecified atom stereocenters. The number of aromatic nitrogens is 1. The van der Waals surface area contributed by atoms with E-state index in [1.165, 1.54) is 21.4 Å². The standard InChI is InChI=1S/C33H37N5O8/c1-2-45-33(44)37-17-15-36(16-18-37)32(43)26(11-12-30(40)41)35-31(42)27-19-28(24-9-5-6-10-25(24)34-27)46-21-29(39)38-14-13-22-7-3-4-8-23(22)20-38/h3-10,19,26H,2,11-18,20-21H2,1H3,(H,35,42)(H,40,41). The number of piperazine rings is 1. The fourth-order valence-corrected chi connectivity index (χ4v) is 5.62. The zero-order valence-corrected chi connectivity index (χ0v) is 25.6. The van der Waals surface area contributed by atoms with Crippen LogP contribution < -0.4 is 10.1 Å². The minimum atomic E-state index is -1.14. The highest BCUT2D eigenvalue weighted by Gasteiger charge is 2.31. The number of benzene rings is 2. The molecule has 1 aromatic heterocycles. The van der Waals surface area contributed by atoms with E-state index in [1.54, 1.807) is 36.1 Å². The first-order valence-electron chi connectivity index (χ1n) is 15.3. The van der Waals surface area contributed by atoms with E-state index in [9.17, 15) is 29.1 Å². The zero-order chi connectivity index (χ0) is 32.6. The van der Waals surface area contributed by atoms with Crippen molar-refractivity contribution in [3.05, 3.63) is 71.4 Å². The summed E-state index contributed by atoms with van der Waals surface area (Å²) in [5.41, 5.74) is 2.73. The Morgan fingerprint density at radius 1 is 0.913 bits per heavy atom. The van der Waals surface area contributed by atoms with Gasteiger partial charge < -0.3 is 34.6 Å². The summed E-state index contributed by atoms with van der Waals surface area (Å²) in [6.07, 6.45) is -0.189. The molecule has 4 amide bonds. The smallest absolute Gasteiger partial charge is 0.409 e. The van der Waals surface area contributed by atoms with E-state index in [4.69, 9.17) is 9.47 Å². The number of nitrogens with zero attached hydrogens (tertiary/aromatic N) is 4. The van der Waals surface area contributed by atoms with Gasteiger partial charge in [-0.25, -0.2) is 9.78 Å². The minimum Gasteiger partial charge on any atom is -0.483 e. The van der Waals surface area contributed by atoms with Gasteiger partial charge >= 0.3 is 12.1 Å². The summed E-state index contributed by atoms with van der Waals surface area (Å²) in [7, 11) is 0. The van der Waals surface area contributed by atoms with Gasteiger partial charge in [-0.1, -0.05) is 36.4 Å². The average molecular weight is 632 g/mol. The number of hydrogen-bond donors (Lipinski definition) is 2. The normalized spacial score (nSPS) is 15.1. The maximum absolute atomic E-state index is 13.5. The molecule has 5 rings (SSSR count). The Kier molecular flexibility index (Phi) is 10.3. The van der Waals surface area contributed by atoms with E-state index in [-0.39, 0.29) is 69.6 Å². The van der Waals surface area contributed by atoms with E-state index < -0.39 is 29.9 Å². The van der Waals surface area contributed by atoms with Crippen LogP contribution in [0.25, 0.3) is 10.9 Å². The summed E-state index contributed by atoms with van der Waals surface area (Å²) in [6, 6.07) is 15.3. The molecular formula is C33H37N5O8. The Labute approximate surface area is 266 Å². The maximum atomic E-state index is 13.5. The zero-order valence-electron chi connectivity index (χ0n) is 25.6. The average Bonchev–Trinajstić information content (AvgIpc) is 3.08. The molecule has 0 saturated carbocycles. The van der Waals surface area contributed by atoms with Crippen molar-refractivity contribution in [3.8, 4) is 5.75 Å². The van der Waals surface area contributed by atoms with E-state index in [2.05, 4.69) is 16.4 Å². The molecule has 242 valence electrons. The predicted molar refractivity (Wildman–Crippen MR) is 166 cm³/mol. The number of fused-ring (bicyclic) bond motifs is 2. The fourth-order valence-electron chi connectivity index (χ4n) is 5.62. The number of amides is 4. The third-order valence-corrected chi connectivity index (χ3v) is 8.11. The van der Waals surface area contributed by atoms with E-state index >= 15 is 0 Å². The van der Waals surface area contributed by atoms with Gasteiger partial charge in [0, 0.05) is 57.1 Å². The lowest BCUT2D eigenvalue weighted by atomic mass is 10.00. The maximum Gasteiger partial charge on any atom is 0.409 e. The fraction of sp³-hybridized carbons (Fsp3) is 0.394. The largest absolute Gasteiger partial charge is 0.483 e. The Balaban J connectivity index is 1.28. The SMILES string of the molecule is CCOC(=O)N1CCN(C(=O)C(CCC(=O)O)NC(=O)c2cc(OCC(=O)N3CCc4ccccc4C3)c3ccccc3n2)CC1. The van der Waals surface area contributed by atoms with Crippen molar-refractivity contribution in [2.75, 3.05) is 45.9 Å². The van der Waals surface area contributed by atoms with Gasteiger partial charge in [0.15, 0.2) is 6.61 Å². The van der Waals surface area contributed by atoms with Crippen molar-refractivity contribution in [1.29, 1.82) is 0 Å². The number of carbonyl (C=O) groups excluding carboxylic acids is 4. The number of carbonyl (C=O) groups is 5.